The van der Waals surface area contributed by atoms with Gasteiger partial charge in [0.25, 0.3) is 0 Å². The van der Waals surface area contributed by atoms with Crippen molar-refractivity contribution >= 4 is 0 Å². The third-order valence-electron chi connectivity index (χ3n) is 2.56. The Morgan fingerprint density at radius 3 is 3.00 bits per heavy atom. The van der Waals surface area contributed by atoms with Gasteiger partial charge in [-0.25, -0.2) is 0 Å². The molecule has 12 heavy (non-hydrogen) atoms. The molecule has 0 aromatic heterocycles. The van der Waals surface area contributed by atoms with Crippen LogP contribution in [0, 0.1) is 0 Å². The van der Waals surface area contributed by atoms with Gasteiger partial charge >= 0.3 is 0 Å². The first-order valence-electron chi connectivity index (χ1n) is 4.86. The van der Waals surface area contributed by atoms with Crippen molar-refractivity contribution in [3.05, 3.63) is 12.7 Å². The predicted octanol–water partition coefficient (Wildman–Crippen LogP) is 1.24. The van der Waals surface area contributed by atoms with Crippen LogP contribution in [0.2, 0.25) is 0 Å². The molecule has 1 aliphatic rings. The highest BCUT2D eigenvalue weighted by Crippen LogP contribution is 2.16. The van der Waals surface area contributed by atoms with Crippen LogP contribution in [0.15, 0.2) is 12.7 Å². The fourth-order valence-corrected chi connectivity index (χ4v) is 1.96. The van der Waals surface area contributed by atoms with E-state index in [4.69, 9.17) is 0 Å². The summed E-state index contributed by atoms with van der Waals surface area (Å²) in [6.45, 7) is 11.5. The van der Waals surface area contributed by atoms with Crippen molar-refractivity contribution in [3.8, 4) is 0 Å². The summed E-state index contributed by atoms with van der Waals surface area (Å²) in [5, 5.41) is 3.49. The zero-order valence-corrected chi connectivity index (χ0v) is 8.21. The molecule has 1 aliphatic heterocycles. The number of likely N-dealkylation sites (tertiary alicyclic amines) is 1. The highest BCUT2D eigenvalue weighted by Gasteiger charge is 2.26. The summed E-state index contributed by atoms with van der Waals surface area (Å²) in [6.07, 6.45) is 3.27. The van der Waals surface area contributed by atoms with E-state index in [9.17, 15) is 0 Å². The van der Waals surface area contributed by atoms with Crippen LogP contribution in [0.3, 0.4) is 0 Å². The van der Waals surface area contributed by atoms with E-state index in [0.29, 0.717) is 12.1 Å². The molecule has 0 amide bonds. The lowest BCUT2D eigenvalue weighted by Gasteiger charge is -2.18. The van der Waals surface area contributed by atoms with Gasteiger partial charge in [0.1, 0.15) is 0 Å². The van der Waals surface area contributed by atoms with Gasteiger partial charge in [0.2, 0.25) is 0 Å². The molecule has 2 atom stereocenters. The van der Waals surface area contributed by atoms with Crippen molar-refractivity contribution in [2.75, 3.05) is 19.6 Å². The molecule has 1 saturated heterocycles. The van der Waals surface area contributed by atoms with Crippen molar-refractivity contribution in [2.45, 2.75) is 32.4 Å². The summed E-state index contributed by atoms with van der Waals surface area (Å²) in [7, 11) is 0. The molecule has 0 radical (unpaired) electrons. The van der Waals surface area contributed by atoms with Gasteiger partial charge in [-0.3, -0.25) is 4.90 Å². The first-order chi connectivity index (χ1) is 5.77. The van der Waals surface area contributed by atoms with E-state index in [1.165, 1.54) is 13.0 Å². The molecule has 0 spiro atoms. The lowest BCUT2D eigenvalue weighted by molar-refractivity contribution is 0.295. The van der Waals surface area contributed by atoms with Gasteiger partial charge in [0, 0.05) is 25.2 Å². The monoisotopic (exact) mass is 168 g/mol. The summed E-state index contributed by atoms with van der Waals surface area (Å²) in [5.74, 6) is 0. The Morgan fingerprint density at radius 2 is 2.42 bits per heavy atom. The van der Waals surface area contributed by atoms with Gasteiger partial charge < -0.3 is 5.32 Å². The Bertz CT molecular complexity index is 145. The second kappa shape index (κ2) is 4.63. The summed E-state index contributed by atoms with van der Waals surface area (Å²) in [4.78, 5) is 2.47. The molecular weight excluding hydrogens is 148 g/mol. The molecule has 0 saturated carbocycles. The van der Waals surface area contributed by atoms with E-state index in [-0.39, 0.29) is 0 Å². The van der Waals surface area contributed by atoms with Gasteiger partial charge in [-0.15, -0.1) is 6.58 Å². The predicted molar refractivity (Wildman–Crippen MR) is 53.3 cm³/mol. The molecule has 1 heterocycles. The van der Waals surface area contributed by atoms with Crippen molar-refractivity contribution in [1.82, 2.24) is 10.2 Å². The van der Waals surface area contributed by atoms with Gasteiger partial charge in [-0.05, 0) is 19.9 Å². The van der Waals surface area contributed by atoms with Crippen LogP contribution in [0.4, 0.5) is 0 Å². The normalized spacial score (nSPS) is 30.8. The topological polar surface area (TPSA) is 15.3 Å². The van der Waals surface area contributed by atoms with E-state index in [0.717, 1.165) is 13.1 Å². The van der Waals surface area contributed by atoms with Crippen LogP contribution in [0.25, 0.3) is 0 Å². The van der Waals surface area contributed by atoms with Gasteiger partial charge in [0.05, 0.1) is 0 Å². The Hall–Kier alpha value is -0.340. The number of nitrogens with one attached hydrogen (secondary N) is 1. The maximum atomic E-state index is 3.77. The van der Waals surface area contributed by atoms with Crippen LogP contribution < -0.4 is 5.32 Å². The Balaban J connectivity index is 2.33. The van der Waals surface area contributed by atoms with Crippen LogP contribution in [0.1, 0.15) is 20.3 Å². The Labute approximate surface area is 75.6 Å². The molecular formula is C10H20N2. The molecule has 2 heteroatoms. The van der Waals surface area contributed by atoms with Crippen LogP contribution in [-0.2, 0) is 0 Å². The van der Waals surface area contributed by atoms with Crippen LogP contribution in [0.5, 0.6) is 0 Å². The quantitative estimate of drug-likeness (QED) is 0.635. The van der Waals surface area contributed by atoms with E-state index < -0.39 is 0 Å². The number of hydrogen-bond donors (Lipinski definition) is 1. The average molecular weight is 168 g/mol. The Morgan fingerprint density at radius 1 is 1.67 bits per heavy atom. The maximum Gasteiger partial charge on any atom is 0.0209 e. The number of nitrogens with zero attached hydrogens (tertiary/aromatic N) is 1. The minimum atomic E-state index is 0.699. The van der Waals surface area contributed by atoms with E-state index in [2.05, 4.69) is 30.6 Å². The summed E-state index contributed by atoms with van der Waals surface area (Å²) in [5.41, 5.74) is 0. The standard InChI is InChI=1S/C10H20N2/c1-4-6-12-8-10(11-5-2)7-9(12)3/h4,9-11H,1,5-8H2,2-3H3/t9-,10+/m0/s1. The van der Waals surface area contributed by atoms with Gasteiger partial charge in [-0.1, -0.05) is 13.0 Å². The highest BCUT2D eigenvalue weighted by atomic mass is 15.2. The number of likely N-dealkylation sites (N-methyl/N-ethyl adjacent to an activating group) is 1. The molecule has 1 N–H and O–H groups in total. The van der Waals surface area contributed by atoms with Crippen molar-refractivity contribution in [3.63, 3.8) is 0 Å². The molecule has 0 unspecified atom stereocenters. The fourth-order valence-electron chi connectivity index (χ4n) is 1.96. The van der Waals surface area contributed by atoms with E-state index in [1.54, 1.807) is 0 Å². The highest BCUT2D eigenvalue weighted by molar-refractivity contribution is 4.89. The third kappa shape index (κ3) is 2.32. The SMILES string of the molecule is C=CCN1C[C@H](NCC)C[C@@H]1C. The van der Waals surface area contributed by atoms with Crippen LogP contribution in [-0.4, -0.2) is 36.6 Å². The molecule has 0 aromatic rings. The Kier molecular flexibility index (Phi) is 3.76. The first kappa shape index (κ1) is 9.75. The molecule has 0 bridgehead atoms. The van der Waals surface area contributed by atoms with Crippen LogP contribution >= 0.6 is 0 Å². The summed E-state index contributed by atoms with van der Waals surface area (Å²) in [6, 6.07) is 1.41. The lowest BCUT2D eigenvalue weighted by atomic mass is 10.2. The largest absolute Gasteiger partial charge is 0.313 e. The second-order valence-electron chi connectivity index (χ2n) is 3.58. The molecule has 1 fully saturated rings. The van der Waals surface area contributed by atoms with Gasteiger partial charge in [0.15, 0.2) is 0 Å². The first-order valence-corrected chi connectivity index (χ1v) is 4.86. The number of hydrogen-bond acceptors (Lipinski definition) is 2. The molecule has 1 rings (SSSR count). The van der Waals surface area contributed by atoms with Gasteiger partial charge in [-0.2, -0.15) is 0 Å². The zero-order chi connectivity index (χ0) is 8.97. The lowest BCUT2D eigenvalue weighted by Crippen LogP contribution is -2.32. The minimum Gasteiger partial charge on any atom is -0.313 e. The fraction of sp³-hybridized carbons (Fsp3) is 0.800. The van der Waals surface area contributed by atoms with Crippen molar-refractivity contribution in [2.24, 2.45) is 0 Å². The minimum absolute atomic E-state index is 0.699. The van der Waals surface area contributed by atoms with Crippen molar-refractivity contribution in [1.29, 1.82) is 0 Å². The summed E-state index contributed by atoms with van der Waals surface area (Å²) < 4.78 is 0. The molecule has 0 aliphatic carbocycles. The third-order valence-corrected chi connectivity index (χ3v) is 2.56. The maximum absolute atomic E-state index is 3.77. The molecule has 2 nitrogen and oxygen atoms in total. The van der Waals surface area contributed by atoms with E-state index in [1.807, 2.05) is 6.08 Å². The average Bonchev–Trinajstić information content (AvgIpc) is 2.34. The molecule has 70 valence electrons. The van der Waals surface area contributed by atoms with E-state index >= 15 is 0 Å². The smallest absolute Gasteiger partial charge is 0.0209 e. The second-order valence-corrected chi connectivity index (χ2v) is 3.58. The number of rotatable bonds is 4. The summed E-state index contributed by atoms with van der Waals surface area (Å²) >= 11 is 0. The molecule has 0 aromatic carbocycles. The zero-order valence-electron chi connectivity index (χ0n) is 8.21. The van der Waals surface area contributed by atoms with Crippen molar-refractivity contribution < 1.29 is 0 Å².